The van der Waals surface area contributed by atoms with Gasteiger partial charge in [0.05, 0.1) is 38.6 Å². The van der Waals surface area contributed by atoms with Gasteiger partial charge in [0.2, 0.25) is 5.91 Å². The van der Waals surface area contributed by atoms with E-state index >= 15 is 0 Å². The molecule has 19 nitrogen and oxygen atoms in total. The molecule has 116 heavy (non-hydrogen) atoms. The third-order valence-corrected chi connectivity index (χ3v) is 22.5. The first-order chi connectivity index (χ1) is 56.8. The number of ether oxygens (including phenoxy) is 6. The Balaban J connectivity index is 1.32. The smallest absolute Gasteiger partial charge is 0.220 e. The van der Waals surface area contributed by atoms with Gasteiger partial charge in [-0.1, -0.05) is 379 Å². The van der Waals surface area contributed by atoms with Crippen molar-refractivity contribution in [3.8, 4) is 0 Å². The van der Waals surface area contributed by atoms with E-state index in [0.717, 1.165) is 116 Å². The predicted molar refractivity (Wildman–Crippen MR) is 470 cm³/mol. The van der Waals surface area contributed by atoms with Crippen molar-refractivity contribution in [1.29, 1.82) is 0 Å². The van der Waals surface area contributed by atoms with Gasteiger partial charge in [0, 0.05) is 6.42 Å². The van der Waals surface area contributed by atoms with E-state index < -0.39 is 124 Å². The minimum absolute atomic E-state index is 0.233. The fraction of sp³-hybridized carbons (Fsp3) is 0.784. The maximum absolute atomic E-state index is 13.5. The third kappa shape index (κ3) is 52.5. The van der Waals surface area contributed by atoms with Gasteiger partial charge in [-0.25, -0.2) is 0 Å². The Morgan fingerprint density at radius 1 is 0.319 bits per heavy atom. The second-order valence-electron chi connectivity index (χ2n) is 32.7. The van der Waals surface area contributed by atoms with Gasteiger partial charge in [-0.2, -0.15) is 0 Å². The highest BCUT2D eigenvalue weighted by Crippen LogP contribution is 2.34. The molecule has 3 saturated heterocycles. The van der Waals surface area contributed by atoms with E-state index in [4.69, 9.17) is 28.4 Å². The molecule has 12 N–H and O–H groups in total. The number of rotatable bonds is 75. The molecule has 19 heteroatoms. The van der Waals surface area contributed by atoms with Crippen LogP contribution in [0.3, 0.4) is 0 Å². The molecule has 17 unspecified atom stereocenters. The molecule has 3 rings (SSSR count). The van der Waals surface area contributed by atoms with Crippen molar-refractivity contribution in [3.63, 3.8) is 0 Å². The lowest BCUT2D eigenvalue weighted by atomic mass is 9.96. The van der Waals surface area contributed by atoms with Crippen LogP contribution in [-0.2, 0) is 33.2 Å². The number of aliphatic hydroxyl groups is 11. The molecular formula is C97H169NO18. The molecule has 3 heterocycles. The van der Waals surface area contributed by atoms with E-state index in [1.807, 2.05) is 6.08 Å². The summed E-state index contributed by atoms with van der Waals surface area (Å²) in [7, 11) is 0. The summed E-state index contributed by atoms with van der Waals surface area (Å²) in [5.74, 6) is -0.279. The Kier molecular flexibility index (Phi) is 68.8. The number of unbranched alkanes of at least 4 members (excludes halogenated alkanes) is 41. The van der Waals surface area contributed by atoms with Crippen LogP contribution in [0.1, 0.15) is 354 Å². The minimum Gasteiger partial charge on any atom is -0.394 e. The maximum atomic E-state index is 13.5. The van der Waals surface area contributed by atoms with Crippen LogP contribution < -0.4 is 5.32 Å². The Labute approximate surface area is 703 Å². The summed E-state index contributed by atoms with van der Waals surface area (Å²) in [5, 5.41) is 121. The molecule has 0 bridgehead atoms. The van der Waals surface area contributed by atoms with E-state index in [2.05, 4.69) is 129 Å². The minimum atomic E-state index is -1.98. The topological polar surface area (TPSA) is 307 Å². The van der Waals surface area contributed by atoms with E-state index in [1.54, 1.807) is 6.08 Å². The number of nitrogens with one attached hydrogen (secondary N) is 1. The lowest BCUT2D eigenvalue weighted by Crippen LogP contribution is -2.66. The largest absolute Gasteiger partial charge is 0.394 e. The van der Waals surface area contributed by atoms with Crippen molar-refractivity contribution in [2.45, 2.75) is 458 Å². The zero-order chi connectivity index (χ0) is 83.8. The summed E-state index contributed by atoms with van der Waals surface area (Å²) in [5.41, 5.74) is 0. The van der Waals surface area contributed by atoms with Crippen molar-refractivity contribution in [2.75, 3.05) is 26.4 Å². The first-order valence-corrected chi connectivity index (χ1v) is 46.8. The number of carbonyl (C=O) groups excluding carboxylic acids is 1. The van der Waals surface area contributed by atoms with Gasteiger partial charge >= 0.3 is 0 Å². The van der Waals surface area contributed by atoms with Crippen molar-refractivity contribution >= 4 is 5.91 Å². The van der Waals surface area contributed by atoms with Crippen LogP contribution in [0.25, 0.3) is 0 Å². The van der Waals surface area contributed by atoms with Crippen LogP contribution in [-0.4, -0.2) is 193 Å². The second kappa shape index (κ2) is 75.0. The fourth-order valence-corrected chi connectivity index (χ4v) is 15.1. The van der Waals surface area contributed by atoms with Crippen LogP contribution in [0, 0.1) is 0 Å². The highest BCUT2D eigenvalue weighted by Gasteiger charge is 2.54. The summed E-state index contributed by atoms with van der Waals surface area (Å²) in [4.78, 5) is 13.5. The van der Waals surface area contributed by atoms with Crippen LogP contribution >= 0.6 is 0 Å². The Morgan fingerprint density at radius 3 is 0.931 bits per heavy atom. The molecule has 0 radical (unpaired) electrons. The van der Waals surface area contributed by atoms with Crippen molar-refractivity contribution < 1.29 is 89.4 Å². The Bertz CT molecular complexity index is 2570. The highest BCUT2D eigenvalue weighted by atomic mass is 16.8. The highest BCUT2D eigenvalue weighted by molar-refractivity contribution is 5.76. The lowest BCUT2D eigenvalue weighted by Gasteiger charge is -2.48. The van der Waals surface area contributed by atoms with Gasteiger partial charge < -0.3 is 89.9 Å². The quantitative estimate of drug-likeness (QED) is 0.0199. The van der Waals surface area contributed by atoms with Crippen molar-refractivity contribution in [2.24, 2.45) is 0 Å². The zero-order valence-electron chi connectivity index (χ0n) is 72.4. The lowest BCUT2D eigenvalue weighted by molar-refractivity contribution is -0.379. The first-order valence-electron chi connectivity index (χ1n) is 46.8. The van der Waals surface area contributed by atoms with E-state index in [0.29, 0.717) is 6.42 Å². The van der Waals surface area contributed by atoms with E-state index in [1.165, 1.54) is 212 Å². The average Bonchev–Trinajstić information content (AvgIpc) is 0.779. The number of amides is 1. The molecule has 17 atom stereocenters. The summed E-state index contributed by atoms with van der Waals surface area (Å²) in [6.07, 6.45) is 80.6. The number of carbonyl (C=O) groups is 1. The van der Waals surface area contributed by atoms with Gasteiger partial charge in [0.1, 0.15) is 73.2 Å². The standard InChI is InChI=1S/C97H169NO18/c1-3-5-7-9-11-13-15-17-19-21-23-25-27-29-31-33-35-37-38-39-40-41-42-43-45-47-49-51-53-55-57-59-61-63-65-67-69-71-73-75-85(103)98-80(81(102)74-72-70-68-66-64-62-60-58-56-54-52-50-48-46-44-36-34-32-30-28-26-24-22-20-18-16-14-12-10-8-6-4-2)79-111-95-91(109)88(106)93(83(77-100)113-95)116-97-92(110)89(107)94(84(78-101)114-97)115-96-90(108)87(105)86(104)82(76-99)112-96/h5,7,11,13,17,19,23,25,29,31,35,37,39-40,42-43,47,49,72,74,80-84,86-97,99-102,104-110H,3-4,6,8-10,12,14-16,18,20-22,24,26-28,30,32-34,36,38,41,44-46,48,50-71,73,75-79H2,1-2H3,(H,98,103)/b7-5-,13-11-,19-17-,25-23-,31-29-,37-35-,40-39-,43-42-,49-47-,74-72+. The Hall–Kier alpha value is -3.81. The number of hydrogen-bond acceptors (Lipinski definition) is 18. The average molecular weight is 1640 g/mol. The van der Waals surface area contributed by atoms with Crippen LogP contribution in [0.15, 0.2) is 122 Å². The van der Waals surface area contributed by atoms with Gasteiger partial charge in [-0.3, -0.25) is 4.79 Å². The predicted octanol–water partition coefficient (Wildman–Crippen LogP) is 18.6. The number of hydrogen-bond donors (Lipinski definition) is 12. The summed E-state index contributed by atoms with van der Waals surface area (Å²) in [6.45, 7) is 1.66. The SMILES string of the molecule is CC/C=C\C/C=C\C/C=C\C/C=C\C/C=C\C/C=C\C/C=C\C/C=C\C/C=C\CCCCCCCCCCCCCC(=O)NC(COC1OC(CO)C(OC2OC(CO)C(OC3OC(CO)C(O)C(O)C3O)C(O)C2O)C(O)C1O)C(O)/C=C/CCCCCCCCCCCCCCCCCCCCCCCCCCCCCCCC. The van der Waals surface area contributed by atoms with Gasteiger partial charge in [-0.15, -0.1) is 0 Å². The summed E-state index contributed by atoms with van der Waals surface area (Å²) >= 11 is 0. The molecule has 0 aromatic heterocycles. The molecule has 3 fully saturated rings. The fourth-order valence-electron chi connectivity index (χ4n) is 15.1. The van der Waals surface area contributed by atoms with Crippen LogP contribution in [0.2, 0.25) is 0 Å². The molecule has 0 aromatic carbocycles. The monoisotopic (exact) mass is 1640 g/mol. The summed E-state index contributed by atoms with van der Waals surface area (Å²) < 4.78 is 34.5. The van der Waals surface area contributed by atoms with Crippen LogP contribution in [0.4, 0.5) is 0 Å². The second-order valence-corrected chi connectivity index (χ2v) is 32.7. The molecule has 1 amide bonds. The molecule has 0 spiro atoms. The Morgan fingerprint density at radius 2 is 0.595 bits per heavy atom. The molecule has 3 aliphatic rings. The van der Waals surface area contributed by atoms with E-state index in [-0.39, 0.29) is 18.9 Å². The normalized spacial score (nSPS) is 25.1. The van der Waals surface area contributed by atoms with Crippen molar-refractivity contribution in [3.05, 3.63) is 122 Å². The van der Waals surface area contributed by atoms with E-state index in [9.17, 15) is 61.0 Å². The van der Waals surface area contributed by atoms with Crippen LogP contribution in [0.5, 0.6) is 0 Å². The van der Waals surface area contributed by atoms with Gasteiger partial charge in [-0.05, 0) is 89.9 Å². The molecule has 3 aliphatic heterocycles. The molecule has 0 aromatic rings. The number of aliphatic hydroxyl groups excluding tert-OH is 11. The first kappa shape index (κ1) is 106. The maximum Gasteiger partial charge on any atom is 0.220 e. The molecule has 0 aliphatic carbocycles. The molecular weight excluding hydrogens is 1470 g/mol. The van der Waals surface area contributed by atoms with Crippen molar-refractivity contribution in [1.82, 2.24) is 5.32 Å². The van der Waals surface area contributed by atoms with Gasteiger partial charge in [0.25, 0.3) is 0 Å². The molecule has 0 saturated carbocycles. The number of allylic oxidation sites excluding steroid dienone is 19. The third-order valence-electron chi connectivity index (χ3n) is 22.5. The summed E-state index contributed by atoms with van der Waals surface area (Å²) in [6, 6.07) is -0.985. The zero-order valence-corrected chi connectivity index (χ0v) is 72.4. The molecule has 670 valence electrons. The van der Waals surface area contributed by atoms with Gasteiger partial charge in [0.15, 0.2) is 18.9 Å².